The summed E-state index contributed by atoms with van der Waals surface area (Å²) in [7, 11) is 2.10. The molecule has 1 aliphatic heterocycles. The van der Waals surface area contributed by atoms with Crippen molar-refractivity contribution in [2.45, 2.75) is 32.2 Å². The molecule has 3 rings (SSSR count). The molecular weight excluding hydrogens is 322 g/mol. The Balaban J connectivity index is 1.56. The molecule has 2 aromatic carbocycles. The fraction of sp³-hybridized carbons (Fsp3) is 0.409. The van der Waals surface area contributed by atoms with Crippen molar-refractivity contribution < 1.29 is 4.79 Å². The monoisotopic (exact) mass is 351 g/mol. The van der Waals surface area contributed by atoms with E-state index in [0.717, 1.165) is 37.3 Å². The molecule has 1 N–H and O–H groups in total. The smallest absolute Gasteiger partial charge is 0.253 e. The molecule has 1 aliphatic rings. The third kappa shape index (κ3) is 4.57. The number of unbranched alkanes of at least 4 members (excludes halogenated alkanes) is 1. The average molecular weight is 351 g/mol. The molecule has 4 heteroatoms. The molecule has 1 amide bonds. The maximum Gasteiger partial charge on any atom is 0.253 e. The van der Waals surface area contributed by atoms with E-state index in [-0.39, 0.29) is 5.91 Å². The number of hydrogen-bond acceptors (Lipinski definition) is 3. The molecule has 1 heterocycles. The summed E-state index contributed by atoms with van der Waals surface area (Å²) in [5, 5.41) is 3.52. The van der Waals surface area contributed by atoms with Crippen molar-refractivity contribution in [3.05, 3.63) is 60.2 Å². The molecule has 2 aromatic rings. The van der Waals surface area contributed by atoms with E-state index < -0.39 is 0 Å². The third-order valence-corrected chi connectivity index (χ3v) is 5.02. The topological polar surface area (TPSA) is 35.6 Å². The van der Waals surface area contributed by atoms with Crippen LogP contribution < -0.4 is 10.2 Å². The summed E-state index contributed by atoms with van der Waals surface area (Å²) in [5.41, 5.74) is 3.06. The summed E-state index contributed by atoms with van der Waals surface area (Å²) in [6.45, 7) is 4.81. The van der Waals surface area contributed by atoms with Gasteiger partial charge in [-0.05, 0) is 49.2 Å². The number of rotatable bonds is 7. The van der Waals surface area contributed by atoms with Gasteiger partial charge in [0.1, 0.15) is 0 Å². The van der Waals surface area contributed by atoms with Gasteiger partial charge in [-0.2, -0.15) is 0 Å². The van der Waals surface area contributed by atoms with E-state index in [9.17, 15) is 4.79 Å². The quantitative estimate of drug-likeness (QED) is 0.810. The van der Waals surface area contributed by atoms with Crippen LogP contribution in [0.3, 0.4) is 0 Å². The van der Waals surface area contributed by atoms with Crippen LogP contribution in [0.1, 0.15) is 36.5 Å². The van der Waals surface area contributed by atoms with E-state index >= 15 is 0 Å². The van der Waals surface area contributed by atoms with Crippen LogP contribution in [0.5, 0.6) is 0 Å². The zero-order valence-electron chi connectivity index (χ0n) is 15.8. The van der Waals surface area contributed by atoms with E-state index in [0.29, 0.717) is 6.04 Å². The molecule has 1 saturated heterocycles. The molecule has 1 atom stereocenters. The van der Waals surface area contributed by atoms with Crippen molar-refractivity contribution in [1.29, 1.82) is 0 Å². The molecule has 0 spiro atoms. The predicted octanol–water partition coefficient (Wildman–Crippen LogP) is 4.25. The lowest BCUT2D eigenvalue weighted by molar-refractivity contribution is 0.0791. The highest BCUT2D eigenvalue weighted by Gasteiger charge is 2.26. The van der Waals surface area contributed by atoms with Crippen LogP contribution in [-0.4, -0.2) is 43.5 Å². The van der Waals surface area contributed by atoms with Crippen molar-refractivity contribution in [2.75, 3.05) is 36.9 Å². The number of anilines is 2. The van der Waals surface area contributed by atoms with Gasteiger partial charge in [-0.1, -0.05) is 31.5 Å². The van der Waals surface area contributed by atoms with Gasteiger partial charge >= 0.3 is 0 Å². The highest BCUT2D eigenvalue weighted by Crippen LogP contribution is 2.20. The first-order chi connectivity index (χ1) is 12.7. The first-order valence-corrected chi connectivity index (χ1v) is 9.59. The predicted molar refractivity (Wildman–Crippen MR) is 109 cm³/mol. The Morgan fingerprint density at radius 3 is 2.58 bits per heavy atom. The SMILES string of the molecule is CCCCN(C)c1ccc(C(=O)N2CCC(Nc3ccccc3)C2)cc1. The van der Waals surface area contributed by atoms with Crippen LogP contribution >= 0.6 is 0 Å². The van der Waals surface area contributed by atoms with Crippen molar-refractivity contribution in [1.82, 2.24) is 4.90 Å². The molecule has 0 bridgehead atoms. The molecule has 0 aliphatic carbocycles. The van der Waals surface area contributed by atoms with Crippen molar-refractivity contribution in [2.24, 2.45) is 0 Å². The summed E-state index contributed by atoms with van der Waals surface area (Å²) < 4.78 is 0. The molecular formula is C22H29N3O. The molecule has 0 saturated carbocycles. The van der Waals surface area contributed by atoms with Crippen molar-refractivity contribution >= 4 is 17.3 Å². The Labute approximate surface area is 156 Å². The highest BCUT2D eigenvalue weighted by molar-refractivity contribution is 5.94. The number of likely N-dealkylation sites (tertiary alicyclic amines) is 1. The van der Waals surface area contributed by atoms with E-state index in [4.69, 9.17) is 0 Å². The fourth-order valence-electron chi connectivity index (χ4n) is 3.40. The van der Waals surface area contributed by atoms with Crippen LogP contribution in [0.4, 0.5) is 11.4 Å². The van der Waals surface area contributed by atoms with Gasteiger partial charge in [-0.25, -0.2) is 0 Å². The van der Waals surface area contributed by atoms with Gasteiger partial charge in [0, 0.05) is 49.7 Å². The Morgan fingerprint density at radius 2 is 1.88 bits per heavy atom. The summed E-state index contributed by atoms with van der Waals surface area (Å²) in [6, 6.07) is 18.5. The van der Waals surface area contributed by atoms with E-state index in [1.807, 2.05) is 35.2 Å². The lowest BCUT2D eigenvalue weighted by atomic mass is 10.1. The number of benzene rings is 2. The minimum atomic E-state index is 0.130. The van der Waals surface area contributed by atoms with Gasteiger partial charge in [-0.3, -0.25) is 4.79 Å². The standard InChI is InChI=1S/C22H29N3O/c1-3-4-15-24(2)21-12-10-18(11-13-21)22(26)25-16-14-20(17-25)23-19-8-6-5-7-9-19/h5-13,20,23H,3-4,14-17H2,1-2H3. The van der Waals surface area contributed by atoms with E-state index in [1.165, 1.54) is 18.5 Å². The number of para-hydroxylation sites is 1. The first-order valence-electron chi connectivity index (χ1n) is 9.59. The number of nitrogens with zero attached hydrogens (tertiary/aromatic N) is 2. The number of carbonyl (C=O) groups excluding carboxylic acids is 1. The van der Waals surface area contributed by atoms with Gasteiger partial charge in [0.15, 0.2) is 0 Å². The van der Waals surface area contributed by atoms with Crippen LogP contribution in [0.15, 0.2) is 54.6 Å². The second-order valence-corrected chi connectivity index (χ2v) is 7.07. The molecule has 0 radical (unpaired) electrons. The largest absolute Gasteiger partial charge is 0.380 e. The first kappa shape index (κ1) is 18.3. The van der Waals surface area contributed by atoms with Crippen molar-refractivity contribution in [3.8, 4) is 0 Å². The summed E-state index contributed by atoms with van der Waals surface area (Å²) >= 11 is 0. The van der Waals surface area contributed by atoms with Gasteiger partial charge < -0.3 is 15.1 Å². The fourth-order valence-corrected chi connectivity index (χ4v) is 3.40. The number of carbonyl (C=O) groups is 1. The third-order valence-electron chi connectivity index (χ3n) is 5.02. The Kier molecular flexibility index (Phi) is 6.16. The minimum Gasteiger partial charge on any atom is -0.380 e. The zero-order valence-corrected chi connectivity index (χ0v) is 15.8. The van der Waals surface area contributed by atoms with Gasteiger partial charge in [0.25, 0.3) is 5.91 Å². The van der Waals surface area contributed by atoms with Gasteiger partial charge in [0.05, 0.1) is 0 Å². The summed E-state index contributed by atoms with van der Waals surface area (Å²) in [6.07, 6.45) is 3.35. The van der Waals surface area contributed by atoms with E-state index in [2.05, 4.69) is 48.5 Å². The Morgan fingerprint density at radius 1 is 1.15 bits per heavy atom. The summed E-state index contributed by atoms with van der Waals surface area (Å²) in [4.78, 5) is 17.0. The second-order valence-electron chi connectivity index (χ2n) is 7.07. The number of hydrogen-bond donors (Lipinski definition) is 1. The zero-order chi connectivity index (χ0) is 18.4. The molecule has 4 nitrogen and oxygen atoms in total. The maximum absolute atomic E-state index is 12.8. The van der Waals surface area contributed by atoms with Gasteiger partial charge in [-0.15, -0.1) is 0 Å². The van der Waals surface area contributed by atoms with Crippen LogP contribution in [0.2, 0.25) is 0 Å². The maximum atomic E-state index is 12.8. The van der Waals surface area contributed by atoms with Crippen LogP contribution in [0.25, 0.3) is 0 Å². The normalized spacial score (nSPS) is 16.5. The summed E-state index contributed by atoms with van der Waals surface area (Å²) in [5.74, 6) is 0.130. The molecule has 1 unspecified atom stereocenters. The molecule has 26 heavy (non-hydrogen) atoms. The van der Waals surface area contributed by atoms with Gasteiger partial charge in [0.2, 0.25) is 0 Å². The number of amides is 1. The lowest BCUT2D eigenvalue weighted by Crippen LogP contribution is -2.31. The Hall–Kier alpha value is -2.49. The minimum absolute atomic E-state index is 0.130. The van der Waals surface area contributed by atoms with Crippen molar-refractivity contribution in [3.63, 3.8) is 0 Å². The lowest BCUT2D eigenvalue weighted by Gasteiger charge is -2.20. The Bertz CT molecular complexity index is 699. The molecule has 138 valence electrons. The molecule has 1 fully saturated rings. The molecule has 0 aromatic heterocycles. The second kappa shape index (κ2) is 8.75. The van der Waals surface area contributed by atoms with Crippen LogP contribution in [0, 0.1) is 0 Å². The highest BCUT2D eigenvalue weighted by atomic mass is 16.2. The number of nitrogens with one attached hydrogen (secondary N) is 1. The average Bonchev–Trinajstić information content (AvgIpc) is 3.15. The van der Waals surface area contributed by atoms with Crippen LogP contribution in [-0.2, 0) is 0 Å². The van der Waals surface area contributed by atoms with E-state index in [1.54, 1.807) is 0 Å².